The third kappa shape index (κ3) is 5.31. The van der Waals surface area contributed by atoms with Gasteiger partial charge in [-0.2, -0.15) is 0 Å². The lowest BCUT2D eigenvalue weighted by atomic mass is 9.68. The van der Waals surface area contributed by atoms with E-state index < -0.39 is 23.9 Å². The minimum absolute atomic E-state index is 0.197. The second kappa shape index (κ2) is 11.4. The third-order valence-corrected chi connectivity index (χ3v) is 7.96. The van der Waals surface area contributed by atoms with Crippen LogP contribution in [0.15, 0.2) is 96.1 Å². The maximum absolute atomic E-state index is 13.5. The number of nitrogens with zero attached hydrogens (tertiary/aromatic N) is 1. The van der Waals surface area contributed by atoms with Crippen LogP contribution < -0.4 is 4.90 Å². The SMILES string of the molecule is CC1=C([C@H](O)CC/C(=C/c2ccc(O)cc2)c2ccccc2)[C@H](CO)[C@@H]2C(=O)N(c3ccccc3)C(=O)[C@@H]2C1. The Bertz CT molecular complexity index is 1400. The highest BCUT2D eigenvalue weighted by Gasteiger charge is 2.54. The average molecular weight is 524 g/mol. The summed E-state index contributed by atoms with van der Waals surface area (Å²) in [6.45, 7) is 1.58. The fourth-order valence-corrected chi connectivity index (χ4v) is 6.12. The van der Waals surface area contributed by atoms with E-state index in [2.05, 4.69) is 0 Å². The van der Waals surface area contributed by atoms with Crippen molar-refractivity contribution in [3.05, 3.63) is 107 Å². The largest absolute Gasteiger partial charge is 0.508 e. The molecule has 3 aromatic rings. The van der Waals surface area contributed by atoms with E-state index in [0.29, 0.717) is 30.5 Å². The Morgan fingerprint density at radius 2 is 1.59 bits per heavy atom. The van der Waals surface area contributed by atoms with Crippen molar-refractivity contribution in [3.63, 3.8) is 0 Å². The van der Waals surface area contributed by atoms with Gasteiger partial charge in [-0.05, 0) is 72.7 Å². The number of imide groups is 1. The molecule has 1 fully saturated rings. The van der Waals surface area contributed by atoms with Crippen LogP contribution in [0.1, 0.15) is 37.3 Å². The van der Waals surface area contributed by atoms with Crippen LogP contribution in [0.5, 0.6) is 5.75 Å². The molecule has 2 aliphatic rings. The number of aliphatic hydroxyl groups is 2. The summed E-state index contributed by atoms with van der Waals surface area (Å²) in [6, 6.07) is 25.8. The standard InChI is InChI=1S/C33H33NO5/c1-21-18-27-31(33(39)34(32(27)38)25-10-6-3-7-11-25)28(20-35)30(21)29(37)17-14-24(23-8-4-2-5-9-23)19-22-12-15-26(36)16-13-22/h2-13,15-16,19,27-29,31,35-37H,14,17-18,20H2,1H3/b24-19-/t27-,28+,29-,31-/m1/s1. The first kappa shape index (κ1) is 26.6. The van der Waals surface area contributed by atoms with Gasteiger partial charge in [-0.1, -0.05) is 72.3 Å². The van der Waals surface area contributed by atoms with E-state index >= 15 is 0 Å². The van der Waals surface area contributed by atoms with Crippen molar-refractivity contribution in [2.45, 2.75) is 32.3 Å². The number of phenolic OH excluding ortho intramolecular Hbond substituents is 1. The van der Waals surface area contributed by atoms with Crippen LogP contribution >= 0.6 is 0 Å². The molecule has 0 saturated carbocycles. The minimum Gasteiger partial charge on any atom is -0.508 e. The first-order chi connectivity index (χ1) is 18.9. The van der Waals surface area contributed by atoms with Crippen LogP contribution in [0.25, 0.3) is 11.6 Å². The number of benzene rings is 3. The Hall–Kier alpha value is -4.00. The van der Waals surface area contributed by atoms with Gasteiger partial charge in [0, 0.05) is 5.92 Å². The topological polar surface area (TPSA) is 98.1 Å². The molecule has 6 nitrogen and oxygen atoms in total. The summed E-state index contributed by atoms with van der Waals surface area (Å²) in [5, 5.41) is 31.6. The number of anilines is 1. The fraction of sp³-hybridized carbons (Fsp3) is 0.273. The number of hydrogen-bond acceptors (Lipinski definition) is 5. The number of rotatable bonds is 8. The summed E-state index contributed by atoms with van der Waals surface area (Å²) in [6.07, 6.45) is 2.50. The van der Waals surface area contributed by atoms with Gasteiger partial charge in [-0.3, -0.25) is 14.5 Å². The molecule has 0 unspecified atom stereocenters. The highest BCUT2D eigenvalue weighted by Crippen LogP contribution is 2.47. The van der Waals surface area contributed by atoms with Gasteiger partial charge in [0.1, 0.15) is 5.75 Å². The molecular formula is C33H33NO5. The number of amides is 2. The number of aliphatic hydroxyl groups excluding tert-OH is 2. The number of fused-ring (bicyclic) bond motifs is 1. The molecule has 2 amide bonds. The number of allylic oxidation sites excluding steroid dienone is 2. The molecule has 3 N–H and O–H groups in total. The lowest BCUT2D eigenvalue weighted by Crippen LogP contribution is -2.38. The Balaban J connectivity index is 1.39. The second-order valence-electron chi connectivity index (χ2n) is 10.4. The van der Waals surface area contributed by atoms with E-state index in [9.17, 15) is 24.9 Å². The zero-order valence-corrected chi connectivity index (χ0v) is 21.9. The quantitative estimate of drug-likeness (QED) is 0.214. The lowest BCUT2D eigenvalue weighted by molar-refractivity contribution is -0.123. The summed E-state index contributed by atoms with van der Waals surface area (Å²) < 4.78 is 0. The molecule has 1 aliphatic heterocycles. The van der Waals surface area contributed by atoms with Crippen LogP contribution in [-0.2, 0) is 9.59 Å². The number of carbonyl (C=O) groups excluding carboxylic acids is 2. The molecule has 200 valence electrons. The predicted molar refractivity (Wildman–Crippen MR) is 151 cm³/mol. The van der Waals surface area contributed by atoms with Gasteiger partial charge in [0.25, 0.3) is 0 Å². The third-order valence-electron chi connectivity index (χ3n) is 7.96. The van der Waals surface area contributed by atoms with Crippen LogP contribution in [0.4, 0.5) is 5.69 Å². The van der Waals surface area contributed by atoms with Crippen LogP contribution in [0.2, 0.25) is 0 Å². The van der Waals surface area contributed by atoms with Gasteiger partial charge in [0.2, 0.25) is 11.8 Å². The van der Waals surface area contributed by atoms with Crippen molar-refractivity contribution in [2.75, 3.05) is 11.5 Å². The monoisotopic (exact) mass is 523 g/mol. The van der Waals surface area contributed by atoms with E-state index in [4.69, 9.17) is 0 Å². The lowest BCUT2D eigenvalue weighted by Gasteiger charge is -2.35. The molecular weight excluding hydrogens is 490 g/mol. The van der Waals surface area contributed by atoms with E-state index in [-0.39, 0.29) is 24.2 Å². The molecule has 4 atom stereocenters. The van der Waals surface area contributed by atoms with Gasteiger partial charge < -0.3 is 15.3 Å². The maximum atomic E-state index is 13.5. The van der Waals surface area contributed by atoms with Gasteiger partial charge in [0.05, 0.1) is 30.2 Å². The molecule has 1 heterocycles. The van der Waals surface area contributed by atoms with Gasteiger partial charge in [-0.25, -0.2) is 0 Å². The molecule has 0 bridgehead atoms. The first-order valence-corrected chi connectivity index (χ1v) is 13.4. The molecule has 0 spiro atoms. The van der Waals surface area contributed by atoms with E-state index in [0.717, 1.165) is 22.3 Å². The zero-order valence-electron chi connectivity index (χ0n) is 21.9. The smallest absolute Gasteiger partial charge is 0.238 e. The molecule has 5 rings (SSSR count). The Morgan fingerprint density at radius 1 is 0.949 bits per heavy atom. The molecule has 0 aromatic heterocycles. The van der Waals surface area contributed by atoms with Crippen molar-refractivity contribution in [3.8, 4) is 5.75 Å². The number of hydrogen-bond donors (Lipinski definition) is 3. The van der Waals surface area contributed by atoms with Crippen LogP contribution in [-0.4, -0.2) is 39.8 Å². The van der Waals surface area contributed by atoms with E-state index in [1.165, 1.54) is 4.90 Å². The van der Waals surface area contributed by atoms with Gasteiger partial charge in [-0.15, -0.1) is 0 Å². The molecule has 1 saturated heterocycles. The van der Waals surface area contributed by atoms with Crippen molar-refractivity contribution in [2.24, 2.45) is 17.8 Å². The van der Waals surface area contributed by atoms with Gasteiger partial charge in [0.15, 0.2) is 0 Å². The molecule has 1 aliphatic carbocycles. The summed E-state index contributed by atoms with van der Waals surface area (Å²) >= 11 is 0. The number of aromatic hydroxyl groups is 1. The molecule has 39 heavy (non-hydrogen) atoms. The van der Waals surface area contributed by atoms with Crippen molar-refractivity contribution < 1.29 is 24.9 Å². The molecule has 0 radical (unpaired) electrons. The minimum atomic E-state index is -0.872. The zero-order chi connectivity index (χ0) is 27.5. The van der Waals surface area contributed by atoms with Crippen LogP contribution in [0, 0.1) is 17.8 Å². The normalized spacial score (nSPS) is 22.3. The van der Waals surface area contributed by atoms with Crippen LogP contribution in [0.3, 0.4) is 0 Å². The highest BCUT2D eigenvalue weighted by atomic mass is 16.3. The Labute approximate surface area is 228 Å². The first-order valence-electron chi connectivity index (χ1n) is 13.4. The fourth-order valence-electron chi connectivity index (χ4n) is 6.12. The number of para-hydroxylation sites is 1. The number of carbonyl (C=O) groups is 2. The van der Waals surface area contributed by atoms with Gasteiger partial charge >= 0.3 is 0 Å². The summed E-state index contributed by atoms with van der Waals surface area (Å²) in [7, 11) is 0. The second-order valence-corrected chi connectivity index (χ2v) is 10.4. The number of phenols is 1. The van der Waals surface area contributed by atoms with E-state index in [1.54, 1.807) is 36.4 Å². The molecule has 6 heteroatoms. The summed E-state index contributed by atoms with van der Waals surface area (Å²) in [5.74, 6) is -2.22. The Kier molecular flexibility index (Phi) is 7.77. The van der Waals surface area contributed by atoms with Crippen molar-refractivity contribution in [1.29, 1.82) is 0 Å². The van der Waals surface area contributed by atoms with Crippen molar-refractivity contribution >= 4 is 29.2 Å². The molecule has 3 aromatic carbocycles. The van der Waals surface area contributed by atoms with Crippen molar-refractivity contribution in [1.82, 2.24) is 0 Å². The average Bonchev–Trinajstić information content (AvgIpc) is 3.20. The summed E-state index contributed by atoms with van der Waals surface area (Å²) in [4.78, 5) is 28.1. The highest BCUT2D eigenvalue weighted by molar-refractivity contribution is 6.22. The van der Waals surface area contributed by atoms with E-state index in [1.807, 2.05) is 61.5 Å². The predicted octanol–water partition coefficient (Wildman–Crippen LogP) is 5.21. The summed E-state index contributed by atoms with van der Waals surface area (Å²) in [5.41, 5.74) is 5.05. The Morgan fingerprint density at radius 3 is 2.23 bits per heavy atom. The maximum Gasteiger partial charge on any atom is 0.238 e.